The van der Waals surface area contributed by atoms with Gasteiger partial charge in [0.2, 0.25) is 10.7 Å². The number of H-pyrrole nitrogens is 1. The Hall–Kier alpha value is -4.77. The number of hydrogen-bond acceptors (Lipinski definition) is 9. The number of nitrogens with zero attached hydrogens (tertiary/aromatic N) is 3. The predicted molar refractivity (Wildman–Crippen MR) is 138 cm³/mol. The van der Waals surface area contributed by atoms with Gasteiger partial charge in [-0.3, -0.25) is 14.6 Å². The van der Waals surface area contributed by atoms with E-state index in [9.17, 15) is 19.8 Å². The molecule has 0 amide bonds. The van der Waals surface area contributed by atoms with E-state index in [1.165, 1.54) is 10.6 Å². The molecular weight excluding hydrogens is 496 g/mol. The monoisotopic (exact) mass is 514 g/mol. The van der Waals surface area contributed by atoms with Crippen molar-refractivity contribution in [3.8, 4) is 34.3 Å². The van der Waals surface area contributed by atoms with E-state index in [1.54, 1.807) is 55.6 Å². The van der Waals surface area contributed by atoms with Gasteiger partial charge in [0.25, 0.3) is 11.1 Å². The lowest BCUT2D eigenvalue weighted by Gasteiger charge is -2.17. The third-order valence-electron chi connectivity index (χ3n) is 6.39. The molecule has 0 fully saturated rings. The fraction of sp³-hybridized carbons (Fsp3) is 0.115. The van der Waals surface area contributed by atoms with Crippen LogP contribution in [0.15, 0.2) is 73.8 Å². The van der Waals surface area contributed by atoms with Crippen LogP contribution in [0.4, 0.5) is 0 Å². The number of rotatable bonds is 3. The second-order valence-electron chi connectivity index (χ2n) is 8.58. The number of phenols is 1. The third kappa shape index (κ3) is 3.59. The van der Waals surface area contributed by atoms with Gasteiger partial charge < -0.3 is 24.0 Å². The molecule has 0 aliphatic carbocycles. The molecule has 0 saturated carbocycles. The molecule has 2 aromatic carbocycles. The molecule has 6 rings (SSSR count). The quantitative estimate of drug-likeness (QED) is 0.307. The molecule has 0 bridgehead atoms. The molecule has 1 aromatic heterocycles. The number of phenolic OH excluding ortho intramolecular Hbond substituents is 1. The van der Waals surface area contributed by atoms with Crippen LogP contribution in [-0.2, 0) is 11.9 Å². The summed E-state index contributed by atoms with van der Waals surface area (Å²) >= 11 is 5.02. The molecule has 0 radical (unpaired) electrons. The summed E-state index contributed by atoms with van der Waals surface area (Å²) in [5.74, 6) is -0.0500. The topological polar surface area (TPSA) is 143 Å². The molecule has 1 unspecified atom stereocenters. The Kier molecular flexibility index (Phi) is 5.16. The van der Waals surface area contributed by atoms with E-state index in [2.05, 4.69) is 15.1 Å². The lowest BCUT2D eigenvalue weighted by atomic mass is 9.95. The van der Waals surface area contributed by atoms with Crippen LogP contribution in [0, 0.1) is 4.77 Å². The van der Waals surface area contributed by atoms with Crippen molar-refractivity contribution in [3.05, 3.63) is 91.2 Å². The van der Waals surface area contributed by atoms with Crippen molar-refractivity contribution in [1.29, 1.82) is 0 Å². The van der Waals surface area contributed by atoms with Gasteiger partial charge in [-0.25, -0.2) is 0 Å². The van der Waals surface area contributed by atoms with Crippen molar-refractivity contribution in [1.82, 2.24) is 14.5 Å². The summed E-state index contributed by atoms with van der Waals surface area (Å²) in [4.78, 5) is 38.1. The second kappa shape index (κ2) is 8.42. The van der Waals surface area contributed by atoms with Crippen LogP contribution in [0.5, 0.6) is 11.5 Å². The molecule has 37 heavy (non-hydrogen) atoms. The molecule has 3 aliphatic heterocycles. The first-order valence-electron chi connectivity index (χ1n) is 11.2. The number of fused-ring (bicyclic) bond motifs is 2. The van der Waals surface area contributed by atoms with E-state index in [4.69, 9.17) is 21.5 Å². The Balaban J connectivity index is 1.51. The number of aryl methyl sites for hydroxylation is 1. The minimum Gasteiger partial charge on any atom is -0.507 e. The smallest absolute Gasteiger partial charge is 0.263 e. The first kappa shape index (κ1) is 22.7. The molecule has 1 atom stereocenters. The number of aromatic nitrogens is 3. The predicted octanol–water partition coefficient (Wildman–Crippen LogP) is 3.99. The zero-order valence-electron chi connectivity index (χ0n) is 19.3. The van der Waals surface area contributed by atoms with Crippen molar-refractivity contribution < 1.29 is 19.5 Å². The van der Waals surface area contributed by atoms with Gasteiger partial charge in [0.05, 0.1) is 11.1 Å². The Morgan fingerprint density at radius 3 is 2.65 bits per heavy atom. The summed E-state index contributed by atoms with van der Waals surface area (Å²) in [5, 5.41) is 26.1. The van der Waals surface area contributed by atoms with Gasteiger partial charge >= 0.3 is 0 Å². The van der Waals surface area contributed by atoms with Gasteiger partial charge in [0, 0.05) is 24.4 Å². The van der Waals surface area contributed by atoms with E-state index in [-0.39, 0.29) is 51.2 Å². The fourth-order valence-electron chi connectivity index (χ4n) is 4.57. The van der Waals surface area contributed by atoms with E-state index in [0.29, 0.717) is 22.0 Å². The first-order chi connectivity index (χ1) is 17.8. The highest BCUT2D eigenvalue weighted by Crippen LogP contribution is 2.42. The van der Waals surface area contributed by atoms with Crippen molar-refractivity contribution in [3.63, 3.8) is 0 Å². The maximum absolute atomic E-state index is 13.2. The summed E-state index contributed by atoms with van der Waals surface area (Å²) in [7, 11) is 1.62. The average molecular weight is 515 g/mol. The van der Waals surface area contributed by atoms with Crippen LogP contribution >= 0.6 is 12.2 Å². The third-order valence-corrected chi connectivity index (χ3v) is 6.58. The van der Waals surface area contributed by atoms with Gasteiger partial charge in [0.15, 0.2) is 6.10 Å². The van der Waals surface area contributed by atoms with Crippen molar-refractivity contribution >= 4 is 28.8 Å². The Bertz CT molecular complexity index is 1900. The summed E-state index contributed by atoms with van der Waals surface area (Å²) < 4.78 is 7.40. The fourth-order valence-corrected chi connectivity index (χ4v) is 4.75. The van der Waals surface area contributed by atoms with Gasteiger partial charge in [-0.1, -0.05) is 29.4 Å². The van der Waals surface area contributed by atoms with Gasteiger partial charge in [0.1, 0.15) is 34.1 Å². The maximum atomic E-state index is 13.2. The van der Waals surface area contributed by atoms with E-state index < -0.39 is 17.2 Å². The molecule has 3 N–H and O–H groups in total. The molecule has 184 valence electrons. The van der Waals surface area contributed by atoms with E-state index >= 15 is 0 Å². The van der Waals surface area contributed by atoms with Gasteiger partial charge in [-0.05, 0) is 42.5 Å². The van der Waals surface area contributed by atoms with Crippen molar-refractivity contribution in [2.75, 3.05) is 0 Å². The van der Waals surface area contributed by atoms with Crippen molar-refractivity contribution in [2.24, 2.45) is 12.2 Å². The second-order valence-corrected chi connectivity index (χ2v) is 8.97. The number of aromatic amines is 1. The Labute approximate surface area is 213 Å². The molecule has 0 saturated heterocycles. The van der Waals surface area contributed by atoms with Crippen LogP contribution in [-0.4, -0.2) is 30.5 Å². The molecule has 3 aliphatic rings. The highest BCUT2D eigenvalue weighted by Gasteiger charge is 2.33. The lowest BCUT2D eigenvalue weighted by molar-refractivity contribution is 0.0849. The summed E-state index contributed by atoms with van der Waals surface area (Å²) in [5.41, 5.74) is 0.789. The highest BCUT2D eigenvalue weighted by atomic mass is 32.1. The van der Waals surface area contributed by atoms with Crippen LogP contribution in [0.1, 0.15) is 23.7 Å². The SMILES string of the molecule is Cn1c(=O)c(C2=NOC(c3cc4c(=O)[nH]c(=S)nc-4oc3-c3ccccc3O)C2)c(O)c2ccccc21. The molecule has 10 nitrogen and oxygen atoms in total. The number of benzene rings is 2. The standard InChI is InChI=1S/C26H18N4O6S/c1-30-17-8-4-2-6-12(17)21(32)20(25(30)34)16-11-19(36-29-16)14-10-15-23(33)27-26(37)28-24(15)35-22(14)13-7-3-5-9-18(13)31/h2-10,19,31-32H,11H2,1H3,(H,27,33,37). The number of pyridine rings is 1. The maximum Gasteiger partial charge on any atom is 0.263 e. The van der Waals surface area contributed by atoms with Crippen LogP contribution < -0.4 is 11.1 Å². The number of hydrogen-bond donors (Lipinski definition) is 3. The number of nitrogens with one attached hydrogen (secondary N) is 1. The molecule has 11 heteroatoms. The first-order valence-corrected chi connectivity index (χ1v) is 11.6. The largest absolute Gasteiger partial charge is 0.507 e. The summed E-state index contributed by atoms with van der Waals surface area (Å²) in [6.45, 7) is 0. The van der Waals surface area contributed by atoms with E-state index in [1.807, 2.05) is 0 Å². The number of para-hydroxylation sites is 2. The lowest BCUT2D eigenvalue weighted by Crippen LogP contribution is -2.25. The van der Waals surface area contributed by atoms with E-state index in [0.717, 1.165) is 0 Å². The summed E-state index contributed by atoms with van der Waals surface area (Å²) in [6, 6.07) is 15.1. The van der Waals surface area contributed by atoms with Gasteiger partial charge in [-0.2, -0.15) is 4.98 Å². The molecule has 3 aromatic rings. The molecule has 4 heterocycles. The van der Waals surface area contributed by atoms with Gasteiger partial charge in [-0.15, -0.1) is 0 Å². The Morgan fingerprint density at radius 1 is 1.08 bits per heavy atom. The minimum absolute atomic E-state index is 0.00376. The zero-order valence-corrected chi connectivity index (χ0v) is 20.1. The molecule has 0 spiro atoms. The van der Waals surface area contributed by atoms with Crippen LogP contribution in [0.2, 0.25) is 0 Å². The molecular formula is C26H18N4O6S. The number of oxime groups is 1. The number of aromatic hydroxyl groups is 2. The van der Waals surface area contributed by atoms with Crippen molar-refractivity contribution in [2.45, 2.75) is 12.5 Å². The average Bonchev–Trinajstić information content (AvgIpc) is 3.36. The van der Waals surface area contributed by atoms with Crippen LogP contribution in [0.25, 0.3) is 33.7 Å². The highest BCUT2D eigenvalue weighted by molar-refractivity contribution is 7.71. The summed E-state index contributed by atoms with van der Waals surface area (Å²) in [6.07, 6.45) is -0.705. The Morgan fingerprint density at radius 2 is 1.84 bits per heavy atom. The minimum atomic E-state index is -0.795. The normalized spacial score (nSPS) is 15.2. The zero-order chi connectivity index (χ0) is 25.8. The van der Waals surface area contributed by atoms with Crippen LogP contribution in [0.3, 0.4) is 0 Å².